The fourth-order valence-electron chi connectivity index (χ4n) is 2.14. The maximum atomic E-state index is 12.3. The van der Waals surface area contributed by atoms with E-state index in [1.54, 1.807) is 6.20 Å². The Morgan fingerprint density at radius 2 is 2.00 bits per heavy atom. The standard InChI is InChI=1S/C14H24N6O4/c15-4-2-1-3-10(14(23)24)13(22)20-11(19-12(21)6-16)5-9-7-17-8-18-9/h7-8,10-11H,1-6,15-16H2,(H,17,18)(H,19,21)(H,20,22)(H,23,24)/t10-,11-/m0/s1. The fourth-order valence-corrected chi connectivity index (χ4v) is 2.14. The van der Waals surface area contributed by atoms with Crippen LogP contribution in [-0.2, 0) is 20.8 Å². The number of nitrogens with one attached hydrogen (secondary N) is 3. The summed E-state index contributed by atoms with van der Waals surface area (Å²) in [7, 11) is 0. The molecule has 10 heteroatoms. The lowest BCUT2D eigenvalue weighted by atomic mass is 10.0. The highest BCUT2D eigenvalue weighted by Crippen LogP contribution is 2.10. The lowest BCUT2D eigenvalue weighted by molar-refractivity contribution is -0.147. The summed E-state index contributed by atoms with van der Waals surface area (Å²) in [5, 5.41) is 14.3. The number of nitrogens with two attached hydrogens (primary N) is 2. The van der Waals surface area contributed by atoms with E-state index in [2.05, 4.69) is 20.6 Å². The Labute approximate surface area is 139 Å². The normalized spacial score (nSPS) is 13.1. The fraction of sp³-hybridized carbons (Fsp3) is 0.571. The molecule has 0 aliphatic rings. The number of aromatic amines is 1. The molecule has 0 spiro atoms. The summed E-state index contributed by atoms with van der Waals surface area (Å²) in [5.74, 6) is -3.54. The highest BCUT2D eigenvalue weighted by Gasteiger charge is 2.28. The summed E-state index contributed by atoms with van der Waals surface area (Å²) in [4.78, 5) is 41.8. The van der Waals surface area contributed by atoms with Crippen molar-refractivity contribution in [1.82, 2.24) is 20.6 Å². The van der Waals surface area contributed by atoms with Crippen molar-refractivity contribution in [3.63, 3.8) is 0 Å². The summed E-state index contributed by atoms with van der Waals surface area (Å²) in [6, 6.07) is 0. The number of imidazole rings is 1. The number of aliphatic carboxylic acids is 1. The van der Waals surface area contributed by atoms with E-state index >= 15 is 0 Å². The molecule has 0 aliphatic carbocycles. The maximum Gasteiger partial charge on any atom is 0.316 e. The second kappa shape index (κ2) is 10.3. The van der Waals surface area contributed by atoms with Gasteiger partial charge in [0.25, 0.3) is 0 Å². The van der Waals surface area contributed by atoms with Gasteiger partial charge < -0.3 is 32.2 Å². The van der Waals surface area contributed by atoms with Gasteiger partial charge in [0.05, 0.1) is 12.9 Å². The Balaban J connectivity index is 2.72. The first kappa shape index (κ1) is 19.6. The van der Waals surface area contributed by atoms with Crippen LogP contribution in [0.1, 0.15) is 25.0 Å². The Morgan fingerprint density at radius 1 is 1.25 bits per heavy atom. The molecule has 2 amide bonds. The molecule has 1 heterocycles. The molecule has 8 N–H and O–H groups in total. The van der Waals surface area contributed by atoms with Crippen LogP contribution in [0.4, 0.5) is 0 Å². The number of rotatable bonds is 11. The van der Waals surface area contributed by atoms with Crippen molar-refractivity contribution in [3.8, 4) is 0 Å². The number of H-pyrrole nitrogens is 1. The second-order valence-corrected chi connectivity index (χ2v) is 5.29. The molecule has 0 bridgehead atoms. The quantitative estimate of drug-likeness (QED) is 0.158. The number of carboxylic acid groups (broad SMARTS) is 1. The lowest BCUT2D eigenvalue weighted by Gasteiger charge is -2.21. The van der Waals surface area contributed by atoms with Crippen molar-refractivity contribution in [3.05, 3.63) is 18.2 Å². The average Bonchev–Trinajstić information content (AvgIpc) is 3.03. The predicted octanol–water partition coefficient (Wildman–Crippen LogP) is -1.70. The minimum absolute atomic E-state index is 0.181. The number of carboxylic acids is 1. The van der Waals surface area contributed by atoms with Gasteiger partial charge in [-0.1, -0.05) is 6.42 Å². The molecular formula is C14H24N6O4. The van der Waals surface area contributed by atoms with Crippen molar-refractivity contribution >= 4 is 17.8 Å². The third-order valence-corrected chi connectivity index (χ3v) is 3.38. The number of amides is 2. The lowest BCUT2D eigenvalue weighted by Crippen LogP contribution is -2.53. The third kappa shape index (κ3) is 6.75. The van der Waals surface area contributed by atoms with Gasteiger partial charge in [-0.2, -0.15) is 0 Å². The van der Waals surface area contributed by atoms with Crippen molar-refractivity contribution in [2.45, 2.75) is 31.8 Å². The largest absolute Gasteiger partial charge is 0.481 e. The first-order valence-corrected chi connectivity index (χ1v) is 7.67. The van der Waals surface area contributed by atoms with Crippen LogP contribution in [0, 0.1) is 5.92 Å². The monoisotopic (exact) mass is 340 g/mol. The van der Waals surface area contributed by atoms with E-state index in [0.29, 0.717) is 25.1 Å². The van der Waals surface area contributed by atoms with Crippen LogP contribution >= 0.6 is 0 Å². The SMILES string of the molecule is NCCCC[C@H](C(=O)O)C(=O)N[C@@H](Cc1cnc[nH]1)NC(=O)CN. The molecule has 0 saturated carbocycles. The van der Waals surface area contributed by atoms with Crippen LogP contribution in [0.2, 0.25) is 0 Å². The Morgan fingerprint density at radius 3 is 2.54 bits per heavy atom. The molecule has 1 rings (SSSR count). The Hall–Kier alpha value is -2.46. The van der Waals surface area contributed by atoms with Crippen LogP contribution in [0.5, 0.6) is 0 Å². The van der Waals surface area contributed by atoms with Gasteiger partial charge >= 0.3 is 5.97 Å². The van der Waals surface area contributed by atoms with E-state index in [1.807, 2.05) is 0 Å². The summed E-state index contributed by atoms with van der Waals surface area (Å²) in [6.07, 6.45) is 3.80. The molecule has 0 fully saturated rings. The van der Waals surface area contributed by atoms with Gasteiger partial charge in [0, 0.05) is 18.3 Å². The van der Waals surface area contributed by atoms with E-state index in [1.165, 1.54) is 6.33 Å². The number of unbranched alkanes of at least 4 members (excludes halogenated alkanes) is 1. The highest BCUT2D eigenvalue weighted by atomic mass is 16.4. The van der Waals surface area contributed by atoms with Gasteiger partial charge in [-0.15, -0.1) is 0 Å². The van der Waals surface area contributed by atoms with Crippen LogP contribution in [0.25, 0.3) is 0 Å². The van der Waals surface area contributed by atoms with Crippen LogP contribution < -0.4 is 22.1 Å². The number of hydrogen-bond acceptors (Lipinski definition) is 6. The third-order valence-electron chi connectivity index (χ3n) is 3.38. The van der Waals surface area contributed by atoms with Crippen molar-refractivity contribution < 1.29 is 19.5 Å². The van der Waals surface area contributed by atoms with E-state index in [9.17, 15) is 19.5 Å². The predicted molar refractivity (Wildman–Crippen MR) is 85.5 cm³/mol. The van der Waals surface area contributed by atoms with Crippen LogP contribution in [0.3, 0.4) is 0 Å². The van der Waals surface area contributed by atoms with E-state index in [4.69, 9.17) is 11.5 Å². The first-order chi connectivity index (χ1) is 11.5. The summed E-state index contributed by atoms with van der Waals surface area (Å²) < 4.78 is 0. The Bertz CT molecular complexity index is 533. The van der Waals surface area contributed by atoms with Crippen LogP contribution in [0.15, 0.2) is 12.5 Å². The molecule has 134 valence electrons. The van der Waals surface area contributed by atoms with Gasteiger partial charge in [0.2, 0.25) is 11.8 Å². The van der Waals surface area contributed by atoms with Gasteiger partial charge in [-0.3, -0.25) is 14.4 Å². The van der Waals surface area contributed by atoms with Crippen molar-refractivity contribution in [2.75, 3.05) is 13.1 Å². The summed E-state index contributed by atoms with van der Waals surface area (Å²) in [5.41, 5.74) is 11.3. The minimum atomic E-state index is -1.21. The number of nitrogens with zero attached hydrogens (tertiary/aromatic N) is 1. The molecule has 0 aromatic carbocycles. The van der Waals surface area contributed by atoms with E-state index in [-0.39, 0.29) is 19.4 Å². The summed E-state index contributed by atoms with van der Waals surface area (Å²) in [6.45, 7) is 0.192. The Kier molecular flexibility index (Phi) is 8.44. The molecule has 0 radical (unpaired) electrons. The molecule has 24 heavy (non-hydrogen) atoms. The molecule has 2 atom stereocenters. The molecule has 1 aromatic heterocycles. The van der Waals surface area contributed by atoms with Gasteiger partial charge in [0.1, 0.15) is 12.1 Å². The number of hydrogen-bond donors (Lipinski definition) is 6. The molecule has 10 nitrogen and oxygen atoms in total. The zero-order valence-electron chi connectivity index (χ0n) is 13.3. The van der Waals surface area contributed by atoms with Crippen molar-refractivity contribution in [1.29, 1.82) is 0 Å². The van der Waals surface area contributed by atoms with Crippen molar-refractivity contribution in [2.24, 2.45) is 17.4 Å². The first-order valence-electron chi connectivity index (χ1n) is 7.67. The van der Waals surface area contributed by atoms with E-state index < -0.39 is 29.9 Å². The minimum Gasteiger partial charge on any atom is -0.481 e. The molecule has 0 unspecified atom stereocenters. The van der Waals surface area contributed by atoms with E-state index in [0.717, 1.165) is 0 Å². The zero-order chi connectivity index (χ0) is 17.9. The van der Waals surface area contributed by atoms with Crippen LogP contribution in [-0.4, -0.2) is 52.1 Å². The highest BCUT2D eigenvalue weighted by molar-refractivity contribution is 5.97. The number of carbonyl (C=O) groups is 3. The van der Waals surface area contributed by atoms with Gasteiger partial charge in [0.15, 0.2) is 0 Å². The topological polar surface area (TPSA) is 176 Å². The molecule has 1 aromatic rings. The summed E-state index contributed by atoms with van der Waals surface area (Å²) >= 11 is 0. The zero-order valence-corrected chi connectivity index (χ0v) is 13.3. The smallest absolute Gasteiger partial charge is 0.316 e. The van der Waals surface area contributed by atoms with Gasteiger partial charge in [-0.25, -0.2) is 4.98 Å². The number of carbonyl (C=O) groups excluding carboxylic acids is 2. The van der Waals surface area contributed by atoms with Gasteiger partial charge in [-0.05, 0) is 19.4 Å². The molecule has 0 aliphatic heterocycles. The number of aromatic nitrogens is 2. The molecular weight excluding hydrogens is 316 g/mol. The average molecular weight is 340 g/mol. The maximum absolute atomic E-state index is 12.3. The molecule has 0 saturated heterocycles. The second-order valence-electron chi connectivity index (χ2n) is 5.29.